The van der Waals surface area contributed by atoms with Crippen molar-refractivity contribution in [2.75, 3.05) is 26.4 Å². The molecular formula is C46H40F6O9. The number of fused-ring (bicyclic) bond motifs is 2. The molecule has 0 aliphatic rings. The lowest BCUT2D eigenvalue weighted by atomic mass is 9.98. The van der Waals surface area contributed by atoms with Gasteiger partial charge in [-0.3, -0.25) is 0 Å². The number of benzene rings is 4. The molecule has 0 spiro atoms. The average molecular weight is 851 g/mol. The smallest absolute Gasteiger partial charge is 0.377 e. The average Bonchev–Trinajstić information content (AvgIpc) is 3.24. The molecule has 6 aromatic rings. The van der Waals surface area contributed by atoms with E-state index in [1.165, 1.54) is 24.3 Å². The Balaban J connectivity index is 1.23. The molecule has 2 heterocycles. The molecule has 0 radical (unpaired) electrons. The van der Waals surface area contributed by atoms with Gasteiger partial charge in [0.15, 0.2) is 6.61 Å². The molecule has 15 heteroatoms. The molecule has 0 fully saturated rings. The van der Waals surface area contributed by atoms with E-state index in [0.29, 0.717) is 45.9 Å². The molecule has 2 aromatic heterocycles. The maximum absolute atomic E-state index is 15.0. The lowest BCUT2D eigenvalue weighted by molar-refractivity contribution is -0.329. The predicted octanol–water partition coefficient (Wildman–Crippen LogP) is 10.2. The van der Waals surface area contributed by atoms with Crippen molar-refractivity contribution in [1.29, 1.82) is 0 Å². The maximum atomic E-state index is 15.0. The van der Waals surface area contributed by atoms with Crippen LogP contribution < -0.4 is 20.7 Å². The van der Waals surface area contributed by atoms with Gasteiger partial charge in [0.2, 0.25) is 0 Å². The molecule has 0 unspecified atom stereocenters. The van der Waals surface area contributed by atoms with Crippen molar-refractivity contribution in [2.45, 2.75) is 57.5 Å². The molecule has 0 aliphatic heterocycles. The SMILES string of the molecule is C=C(C)C(=O)OCC(F)(F)C(F)(F)C(F)(F)COC(COc1ccc2cc(-c3ccccc3CC)c(=O)oc2c1)COc1ccc2cc(-c3ccccc3CC)c(=O)oc2c1. The molecule has 61 heavy (non-hydrogen) atoms. The Morgan fingerprint density at radius 3 is 1.52 bits per heavy atom. The van der Waals surface area contributed by atoms with Crippen LogP contribution in [-0.4, -0.2) is 56.3 Å². The van der Waals surface area contributed by atoms with Crippen LogP contribution in [0, 0.1) is 0 Å². The lowest BCUT2D eigenvalue weighted by Crippen LogP contribution is -2.58. The highest BCUT2D eigenvalue weighted by molar-refractivity contribution is 5.87. The normalized spacial score (nSPS) is 12.2. The molecule has 0 amide bonds. The first-order valence-electron chi connectivity index (χ1n) is 19.1. The van der Waals surface area contributed by atoms with Gasteiger partial charge < -0.3 is 27.8 Å². The number of esters is 1. The Morgan fingerprint density at radius 2 is 1.08 bits per heavy atom. The van der Waals surface area contributed by atoms with Crippen molar-refractivity contribution in [3.05, 3.63) is 141 Å². The number of aryl methyl sites for hydroxylation is 2. The molecule has 0 N–H and O–H groups in total. The summed E-state index contributed by atoms with van der Waals surface area (Å²) in [6, 6.07) is 26.8. The molecule has 0 bridgehead atoms. The van der Waals surface area contributed by atoms with Gasteiger partial charge >= 0.3 is 35.0 Å². The minimum absolute atomic E-state index is 0.0434. The summed E-state index contributed by atoms with van der Waals surface area (Å²) in [5, 5.41) is 1.04. The Kier molecular flexibility index (Phi) is 13.1. The van der Waals surface area contributed by atoms with Crippen molar-refractivity contribution in [3.8, 4) is 33.8 Å². The van der Waals surface area contributed by atoms with Gasteiger partial charge in [-0.05, 0) is 78.4 Å². The molecule has 0 atom stereocenters. The van der Waals surface area contributed by atoms with E-state index in [-0.39, 0.29) is 22.7 Å². The number of carbonyl (C=O) groups excluding carboxylic acids is 1. The molecule has 0 saturated carbocycles. The summed E-state index contributed by atoms with van der Waals surface area (Å²) >= 11 is 0. The fourth-order valence-electron chi connectivity index (χ4n) is 6.39. The second-order valence-electron chi connectivity index (χ2n) is 14.2. The van der Waals surface area contributed by atoms with Gasteiger partial charge in [0, 0.05) is 28.5 Å². The number of carbonyl (C=O) groups is 1. The van der Waals surface area contributed by atoms with Crippen LogP contribution in [0.4, 0.5) is 26.3 Å². The molecule has 320 valence electrons. The van der Waals surface area contributed by atoms with Crippen LogP contribution in [0.25, 0.3) is 44.2 Å². The number of hydrogen-bond acceptors (Lipinski definition) is 9. The largest absolute Gasteiger partial charge is 0.491 e. The van der Waals surface area contributed by atoms with E-state index >= 15 is 8.78 Å². The predicted molar refractivity (Wildman–Crippen MR) is 216 cm³/mol. The standard InChI is InChI=1S/C46H40F6O9/c1-5-28-11-7-9-13-35(28)37-19-30-15-17-32(21-39(30)60-42(37)54)56-23-34(58-25-44(47,48)46(51,52)45(49,50)26-59-41(53)27(3)4)24-57-33-18-16-31-20-38(43(55)61-40(31)22-33)36-14-10-8-12-29(36)6-2/h7-22,34H,3,5-6,23-26H2,1-2,4H3. The lowest BCUT2D eigenvalue weighted by Gasteiger charge is -2.33. The zero-order valence-electron chi connectivity index (χ0n) is 33.2. The summed E-state index contributed by atoms with van der Waals surface area (Å²) in [5.41, 5.74) is 2.44. The number of halogens is 6. The third kappa shape index (κ3) is 9.67. The first-order valence-corrected chi connectivity index (χ1v) is 19.1. The van der Waals surface area contributed by atoms with E-state index in [1.54, 1.807) is 48.5 Å². The highest BCUT2D eigenvalue weighted by atomic mass is 19.3. The van der Waals surface area contributed by atoms with Crippen LogP contribution in [0.15, 0.2) is 128 Å². The topological polar surface area (TPSA) is 114 Å². The van der Waals surface area contributed by atoms with E-state index in [9.17, 15) is 31.9 Å². The summed E-state index contributed by atoms with van der Waals surface area (Å²) in [6.45, 7) is 2.17. The monoisotopic (exact) mass is 850 g/mol. The van der Waals surface area contributed by atoms with Crippen molar-refractivity contribution in [1.82, 2.24) is 0 Å². The van der Waals surface area contributed by atoms with Gasteiger partial charge in [0.1, 0.15) is 48.6 Å². The van der Waals surface area contributed by atoms with Crippen molar-refractivity contribution in [3.63, 3.8) is 0 Å². The highest BCUT2D eigenvalue weighted by Crippen LogP contribution is 2.46. The Labute approximate surface area is 345 Å². The fourth-order valence-corrected chi connectivity index (χ4v) is 6.39. The van der Waals surface area contributed by atoms with Gasteiger partial charge in [-0.25, -0.2) is 14.4 Å². The second-order valence-corrected chi connectivity index (χ2v) is 14.2. The Morgan fingerprint density at radius 1 is 0.639 bits per heavy atom. The maximum Gasteiger partial charge on any atom is 0.377 e. The fraction of sp³-hybridized carbons (Fsp3) is 0.283. The van der Waals surface area contributed by atoms with E-state index in [0.717, 1.165) is 18.1 Å². The van der Waals surface area contributed by atoms with Gasteiger partial charge in [0.05, 0.1) is 11.1 Å². The summed E-state index contributed by atoms with van der Waals surface area (Å²) in [6.07, 6.45) is -0.295. The second kappa shape index (κ2) is 18.1. The first kappa shape index (κ1) is 44.2. The van der Waals surface area contributed by atoms with Gasteiger partial charge in [-0.15, -0.1) is 0 Å². The third-order valence-corrected chi connectivity index (χ3v) is 9.82. The molecular weight excluding hydrogens is 810 g/mol. The van der Waals surface area contributed by atoms with Crippen LogP contribution in [0.2, 0.25) is 0 Å². The number of hydrogen-bond donors (Lipinski definition) is 0. The van der Waals surface area contributed by atoms with Crippen LogP contribution in [0.5, 0.6) is 11.5 Å². The van der Waals surface area contributed by atoms with E-state index in [2.05, 4.69) is 11.3 Å². The molecule has 0 saturated heterocycles. The van der Waals surface area contributed by atoms with Crippen LogP contribution in [0.1, 0.15) is 31.9 Å². The number of alkyl halides is 6. The highest BCUT2D eigenvalue weighted by Gasteiger charge is 2.72. The zero-order valence-corrected chi connectivity index (χ0v) is 33.2. The summed E-state index contributed by atoms with van der Waals surface area (Å²) in [7, 11) is 0. The van der Waals surface area contributed by atoms with Crippen LogP contribution in [0.3, 0.4) is 0 Å². The summed E-state index contributed by atoms with van der Waals surface area (Å²) in [4.78, 5) is 37.7. The van der Waals surface area contributed by atoms with E-state index in [1.807, 2.05) is 38.1 Å². The molecule has 4 aromatic carbocycles. The Bertz CT molecular complexity index is 2540. The summed E-state index contributed by atoms with van der Waals surface area (Å²) in [5.74, 6) is -18.5. The Hall–Kier alpha value is -6.35. The van der Waals surface area contributed by atoms with Crippen LogP contribution in [-0.2, 0) is 27.1 Å². The van der Waals surface area contributed by atoms with Gasteiger partial charge in [-0.1, -0.05) is 69.0 Å². The van der Waals surface area contributed by atoms with Gasteiger partial charge in [0.25, 0.3) is 0 Å². The molecule has 6 rings (SSSR count). The van der Waals surface area contributed by atoms with E-state index < -0.39 is 73.1 Å². The van der Waals surface area contributed by atoms with Crippen molar-refractivity contribution >= 4 is 27.9 Å². The quantitative estimate of drug-likeness (QED) is 0.0361. The third-order valence-electron chi connectivity index (χ3n) is 9.82. The van der Waals surface area contributed by atoms with E-state index in [4.69, 9.17) is 23.0 Å². The van der Waals surface area contributed by atoms with Gasteiger partial charge in [-0.2, -0.15) is 26.3 Å². The van der Waals surface area contributed by atoms with Crippen molar-refractivity contribution in [2.24, 2.45) is 0 Å². The minimum Gasteiger partial charge on any atom is -0.491 e. The van der Waals surface area contributed by atoms with Crippen LogP contribution >= 0.6 is 0 Å². The minimum atomic E-state index is -6.06. The zero-order chi connectivity index (χ0) is 44.1. The number of ether oxygens (including phenoxy) is 4. The molecule has 0 aliphatic carbocycles. The molecule has 9 nitrogen and oxygen atoms in total. The van der Waals surface area contributed by atoms with Crippen molar-refractivity contribution < 1.29 is 58.9 Å². The summed E-state index contributed by atoms with van der Waals surface area (Å²) < 4.78 is 120. The number of rotatable bonds is 18. The first-order chi connectivity index (χ1) is 28.9.